The third-order valence-electron chi connectivity index (χ3n) is 5.12. The molecule has 0 spiro atoms. The number of morpholine rings is 1. The van der Waals surface area contributed by atoms with Crippen molar-refractivity contribution in [2.24, 2.45) is 0 Å². The summed E-state index contributed by atoms with van der Waals surface area (Å²) in [5.74, 6) is -0.129. The first-order valence-electron chi connectivity index (χ1n) is 9.74. The van der Waals surface area contributed by atoms with Crippen LogP contribution in [0.1, 0.15) is 21.5 Å². The van der Waals surface area contributed by atoms with Crippen LogP contribution >= 0.6 is 35.3 Å². The Bertz CT molecular complexity index is 1110. The number of rotatable bonds is 5. The van der Waals surface area contributed by atoms with Crippen molar-refractivity contribution in [2.75, 3.05) is 44.3 Å². The van der Waals surface area contributed by atoms with E-state index in [4.69, 9.17) is 26.6 Å². The number of hydrogen-bond acceptors (Lipinski definition) is 6. The minimum Gasteiger partial charge on any atom is -0.379 e. The number of aryl methyl sites for hydroxylation is 1. The fourth-order valence-electron chi connectivity index (χ4n) is 3.45. The molecule has 0 radical (unpaired) electrons. The number of benzene rings is 2. The number of carbonyl (C=O) groups excluding carboxylic acids is 1. The van der Waals surface area contributed by atoms with Crippen LogP contribution in [0.5, 0.6) is 0 Å². The minimum atomic E-state index is -0.129. The molecule has 0 unspecified atom stereocenters. The molecule has 0 saturated carbocycles. The van der Waals surface area contributed by atoms with E-state index in [-0.39, 0.29) is 18.3 Å². The van der Waals surface area contributed by atoms with Gasteiger partial charge < -0.3 is 4.74 Å². The highest BCUT2D eigenvalue weighted by atomic mass is 35.5. The normalized spacial score (nSPS) is 14.1. The Morgan fingerprint density at radius 3 is 2.68 bits per heavy atom. The lowest BCUT2D eigenvalue weighted by molar-refractivity contribution is 0.0391. The molecule has 1 saturated heterocycles. The lowest BCUT2D eigenvalue weighted by Gasteiger charge is -2.29. The molecule has 162 valence electrons. The van der Waals surface area contributed by atoms with Crippen LogP contribution in [0.2, 0.25) is 5.02 Å². The van der Waals surface area contributed by atoms with Crippen LogP contribution in [0.3, 0.4) is 0 Å². The van der Waals surface area contributed by atoms with Gasteiger partial charge in [0.25, 0.3) is 5.91 Å². The van der Waals surface area contributed by atoms with Crippen LogP contribution in [0.4, 0.5) is 5.13 Å². The van der Waals surface area contributed by atoms with Gasteiger partial charge in [-0.1, -0.05) is 22.9 Å². The van der Waals surface area contributed by atoms with E-state index in [0.717, 1.165) is 35.4 Å². The third-order valence-corrected chi connectivity index (χ3v) is 6.36. The topological polar surface area (TPSA) is 69.5 Å². The summed E-state index contributed by atoms with van der Waals surface area (Å²) in [7, 11) is 0. The predicted molar refractivity (Wildman–Crippen MR) is 127 cm³/mol. The van der Waals surface area contributed by atoms with Crippen molar-refractivity contribution in [1.82, 2.24) is 9.88 Å². The molecule has 1 amide bonds. The van der Waals surface area contributed by atoms with E-state index in [1.165, 1.54) is 11.3 Å². The molecule has 9 heteroatoms. The summed E-state index contributed by atoms with van der Waals surface area (Å²) in [6, 6.07) is 12.6. The zero-order chi connectivity index (χ0) is 21.1. The van der Waals surface area contributed by atoms with Crippen molar-refractivity contribution < 1.29 is 9.53 Å². The number of thiazole rings is 1. The van der Waals surface area contributed by atoms with Crippen LogP contribution in [0.15, 0.2) is 36.4 Å². The second-order valence-electron chi connectivity index (χ2n) is 7.17. The number of nitriles is 1. The van der Waals surface area contributed by atoms with Gasteiger partial charge in [-0.2, -0.15) is 5.26 Å². The molecule has 2 aromatic carbocycles. The minimum absolute atomic E-state index is 0. The number of nitrogens with zero attached hydrogens (tertiary/aromatic N) is 4. The SMILES string of the molecule is Cc1cc(Cl)cc2sc(N(CCN3CCOCC3)C(=O)c3ccc(C#N)cc3)nc12.Cl. The zero-order valence-electron chi connectivity index (χ0n) is 17.0. The van der Waals surface area contributed by atoms with E-state index in [2.05, 4.69) is 11.0 Å². The summed E-state index contributed by atoms with van der Waals surface area (Å²) in [5, 5.41) is 10.3. The third kappa shape index (κ3) is 5.35. The summed E-state index contributed by atoms with van der Waals surface area (Å²) in [5.41, 5.74) is 2.91. The predicted octanol–water partition coefficient (Wildman–Crippen LogP) is 4.53. The summed E-state index contributed by atoms with van der Waals surface area (Å²) in [6.07, 6.45) is 0. The van der Waals surface area contributed by atoms with Crippen molar-refractivity contribution in [3.8, 4) is 6.07 Å². The van der Waals surface area contributed by atoms with Gasteiger partial charge in [-0.15, -0.1) is 12.4 Å². The van der Waals surface area contributed by atoms with E-state index in [0.29, 0.717) is 41.0 Å². The molecule has 4 rings (SSSR count). The number of carbonyl (C=O) groups is 1. The standard InChI is InChI=1S/C22H21ClN4O2S.ClH/c1-15-12-18(23)13-19-20(15)25-22(30-19)27(7-6-26-8-10-29-11-9-26)21(28)17-4-2-16(14-24)3-5-17;/h2-5,12-13H,6-11H2,1H3;1H. The molecule has 3 aromatic rings. The first kappa shape index (κ1) is 23.5. The molecule has 0 atom stereocenters. The van der Waals surface area contributed by atoms with E-state index in [1.807, 2.05) is 19.1 Å². The summed E-state index contributed by atoms with van der Waals surface area (Å²) in [4.78, 5) is 22.2. The summed E-state index contributed by atoms with van der Waals surface area (Å²) in [6.45, 7) is 6.36. The number of aromatic nitrogens is 1. The van der Waals surface area contributed by atoms with Crippen LogP contribution in [0.25, 0.3) is 10.2 Å². The highest BCUT2D eigenvalue weighted by molar-refractivity contribution is 7.22. The van der Waals surface area contributed by atoms with Crippen LogP contribution in [-0.4, -0.2) is 55.2 Å². The van der Waals surface area contributed by atoms with Crippen LogP contribution in [0, 0.1) is 18.3 Å². The zero-order valence-corrected chi connectivity index (χ0v) is 19.4. The van der Waals surface area contributed by atoms with Gasteiger partial charge in [0.15, 0.2) is 5.13 Å². The van der Waals surface area contributed by atoms with Gasteiger partial charge in [-0.25, -0.2) is 4.98 Å². The second-order valence-corrected chi connectivity index (χ2v) is 8.61. The number of hydrogen-bond donors (Lipinski definition) is 0. The van der Waals surface area contributed by atoms with Gasteiger partial charge in [0, 0.05) is 36.8 Å². The molecule has 31 heavy (non-hydrogen) atoms. The molecular weight excluding hydrogens is 455 g/mol. The first-order valence-corrected chi connectivity index (χ1v) is 10.9. The average molecular weight is 477 g/mol. The number of ether oxygens (including phenoxy) is 1. The molecule has 0 N–H and O–H groups in total. The van der Waals surface area contributed by atoms with Crippen molar-refractivity contribution in [1.29, 1.82) is 5.26 Å². The largest absolute Gasteiger partial charge is 0.379 e. The molecule has 1 aliphatic heterocycles. The maximum absolute atomic E-state index is 13.4. The number of anilines is 1. The smallest absolute Gasteiger partial charge is 0.260 e. The highest BCUT2D eigenvalue weighted by Crippen LogP contribution is 2.33. The Morgan fingerprint density at radius 2 is 2.00 bits per heavy atom. The monoisotopic (exact) mass is 476 g/mol. The Kier molecular flexibility index (Phi) is 7.87. The number of fused-ring (bicyclic) bond motifs is 1. The van der Waals surface area contributed by atoms with E-state index in [1.54, 1.807) is 29.2 Å². The van der Waals surface area contributed by atoms with Gasteiger partial charge in [-0.05, 0) is 48.9 Å². The quantitative estimate of drug-likeness (QED) is 0.540. The maximum atomic E-state index is 13.4. The van der Waals surface area contributed by atoms with Gasteiger partial charge in [0.05, 0.1) is 35.1 Å². The molecule has 6 nitrogen and oxygen atoms in total. The van der Waals surface area contributed by atoms with Gasteiger partial charge in [0.2, 0.25) is 0 Å². The van der Waals surface area contributed by atoms with E-state index >= 15 is 0 Å². The Labute approximate surface area is 196 Å². The van der Waals surface area contributed by atoms with Crippen molar-refractivity contribution >= 4 is 56.6 Å². The maximum Gasteiger partial charge on any atom is 0.260 e. The Hall–Kier alpha value is -2.21. The number of amides is 1. The highest BCUT2D eigenvalue weighted by Gasteiger charge is 2.23. The number of halogens is 2. The molecule has 0 aliphatic carbocycles. The van der Waals surface area contributed by atoms with Gasteiger partial charge >= 0.3 is 0 Å². The van der Waals surface area contributed by atoms with Crippen molar-refractivity contribution in [2.45, 2.75) is 6.92 Å². The fraction of sp³-hybridized carbons (Fsp3) is 0.318. The van der Waals surface area contributed by atoms with Crippen molar-refractivity contribution in [3.05, 3.63) is 58.1 Å². The van der Waals surface area contributed by atoms with Gasteiger partial charge in [-0.3, -0.25) is 14.6 Å². The first-order chi connectivity index (χ1) is 14.5. The lowest BCUT2D eigenvalue weighted by atomic mass is 10.1. The molecule has 1 aliphatic rings. The average Bonchev–Trinajstić information content (AvgIpc) is 3.18. The summed E-state index contributed by atoms with van der Waals surface area (Å²) >= 11 is 7.68. The molecule has 1 aromatic heterocycles. The van der Waals surface area contributed by atoms with E-state index in [9.17, 15) is 4.79 Å². The fourth-order valence-corrected chi connectivity index (χ4v) is 4.90. The Balaban J connectivity index is 0.00000272. The molecular formula is C22H22Cl2N4O2S. The molecule has 0 bridgehead atoms. The van der Waals surface area contributed by atoms with Crippen LogP contribution < -0.4 is 4.90 Å². The van der Waals surface area contributed by atoms with Crippen LogP contribution in [-0.2, 0) is 4.74 Å². The molecule has 1 fully saturated rings. The molecule has 2 heterocycles. The van der Waals surface area contributed by atoms with E-state index < -0.39 is 0 Å². The lowest BCUT2D eigenvalue weighted by Crippen LogP contribution is -2.43. The second kappa shape index (κ2) is 10.4. The Morgan fingerprint density at radius 1 is 1.29 bits per heavy atom. The van der Waals surface area contributed by atoms with Gasteiger partial charge in [0.1, 0.15) is 0 Å². The summed E-state index contributed by atoms with van der Waals surface area (Å²) < 4.78 is 6.38. The van der Waals surface area contributed by atoms with Crippen molar-refractivity contribution in [3.63, 3.8) is 0 Å².